The highest BCUT2D eigenvalue weighted by atomic mass is 16.5. The summed E-state index contributed by atoms with van der Waals surface area (Å²) in [4.78, 5) is 10.9. The molecule has 0 amide bonds. The lowest BCUT2D eigenvalue weighted by Crippen LogP contribution is -2.13. The SMILES string of the molecule is C=C/C=C\CCC(C#N)C(=O)OC. The zero-order chi connectivity index (χ0) is 10.1. The van der Waals surface area contributed by atoms with Gasteiger partial charge in [0.15, 0.2) is 0 Å². The number of nitriles is 1. The predicted octanol–water partition coefficient (Wildman–Crippen LogP) is 1.82. The normalized spacial score (nSPS) is 12.0. The van der Waals surface area contributed by atoms with Gasteiger partial charge in [-0.15, -0.1) is 0 Å². The van der Waals surface area contributed by atoms with Crippen LogP contribution >= 0.6 is 0 Å². The van der Waals surface area contributed by atoms with Gasteiger partial charge in [0.2, 0.25) is 0 Å². The Morgan fingerprint density at radius 3 is 2.92 bits per heavy atom. The molecule has 0 saturated carbocycles. The van der Waals surface area contributed by atoms with E-state index in [4.69, 9.17) is 5.26 Å². The Morgan fingerprint density at radius 1 is 1.77 bits per heavy atom. The van der Waals surface area contributed by atoms with Crippen molar-refractivity contribution in [3.05, 3.63) is 24.8 Å². The second-order valence-electron chi connectivity index (χ2n) is 2.45. The molecule has 0 fully saturated rings. The molecule has 0 N–H and O–H groups in total. The van der Waals surface area contributed by atoms with E-state index in [1.54, 1.807) is 12.2 Å². The van der Waals surface area contributed by atoms with Gasteiger partial charge in [0.05, 0.1) is 13.2 Å². The summed E-state index contributed by atoms with van der Waals surface area (Å²) in [6.45, 7) is 3.51. The average Bonchev–Trinajstić information content (AvgIpc) is 2.17. The van der Waals surface area contributed by atoms with E-state index in [-0.39, 0.29) is 0 Å². The molecule has 0 aliphatic heterocycles. The number of esters is 1. The zero-order valence-corrected chi connectivity index (χ0v) is 7.69. The topological polar surface area (TPSA) is 50.1 Å². The Morgan fingerprint density at radius 2 is 2.46 bits per heavy atom. The highest BCUT2D eigenvalue weighted by molar-refractivity contribution is 5.74. The van der Waals surface area contributed by atoms with Crippen LogP contribution in [-0.2, 0) is 9.53 Å². The molecule has 3 nitrogen and oxygen atoms in total. The molecule has 0 radical (unpaired) electrons. The maximum absolute atomic E-state index is 10.9. The van der Waals surface area contributed by atoms with E-state index in [0.717, 1.165) is 0 Å². The molecular formula is C10H13NO2. The summed E-state index contributed by atoms with van der Waals surface area (Å²) in [6, 6.07) is 1.90. The monoisotopic (exact) mass is 179 g/mol. The van der Waals surface area contributed by atoms with Gasteiger partial charge >= 0.3 is 5.97 Å². The third-order valence-electron chi connectivity index (χ3n) is 1.54. The Bertz CT molecular complexity index is 238. The summed E-state index contributed by atoms with van der Waals surface area (Å²) < 4.78 is 4.45. The van der Waals surface area contributed by atoms with Crippen LogP contribution in [0.1, 0.15) is 12.8 Å². The zero-order valence-electron chi connectivity index (χ0n) is 7.69. The first-order chi connectivity index (χ1) is 6.26. The predicted molar refractivity (Wildman–Crippen MR) is 49.7 cm³/mol. The fraction of sp³-hybridized carbons (Fsp3) is 0.400. The van der Waals surface area contributed by atoms with Crippen LogP contribution in [0.4, 0.5) is 0 Å². The molecule has 0 aliphatic carbocycles. The van der Waals surface area contributed by atoms with Crippen molar-refractivity contribution in [3.8, 4) is 6.07 Å². The van der Waals surface area contributed by atoms with Crippen LogP contribution in [-0.4, -0.2) is 13.1 Å². The smallest absolute Gasteiger partial charge is 0.323 e. The molecule has 0 aliphatic rings. The van der Waals surface area contributed by atoms with Crippen molar-refractivity contribution < 1.29 is 9.53 Å². The Hall–Kier alpha value is -1.56. The summed E-state index contributed by atoms with van der Waals surface area (Å²) in [5.74, 6) is -1.12. The van der Waals surface area contributed by atoms with Crippen molar-refractivity contribution in [2.45, 2.75) is 12.8 Å². The molecule has 0 rings (SSSR count). The Labute approximate surface area is 78.3 Å². The minimum absolute atomic E-state index is 0.463. The molecule has 0 aromatic rings. The minimum Gasteiger partial charge on any atom is -0.468 e. The minimum atomic E-state index is -0.653. The van der Waals surface area contributed by atoms with E-state index in [0.29, 0.717) is 12.8 Å². The first-order valence-corrected chi connectivity index (χ1v) is 4.01. The third kappa shape index (κ3) is 4.81. The highest BCUT2D eigenvalue weighted by Crippen LogP contribution is 2.07. The standard InChI is InChI=1S/C10H13NO2/c1-3-4-5-6-7-9(8-11)10(12)13-2/h3-5,9H,1,6-7H2,2H3/b5-4-. The molecule has 70 valence electrons. The van der Waals surface area contributed by atoms with E-state index in [2.05, 4.69) is 11.3 Å². The van der Waals surface area contributed by atoms with Gasteiger partial charge < -0.3 is 4.74 Å². The van der Waals surface area contributed by atoms with E-state index >= 15 is 0 Å². The van der Waals surface area contributed by atoms with Crippen molar-refractivity contribution in [1.29, 1.82) is 5.26 Å². The molecule has 0 bridgehead atoms. The quantitative estimate of drug-likeness (QED) is 0.477. The number of rotatable bonds is 5. The van der Waals surface area contributed by atoms with Gasteiger partial charge in [-0.25, -0.2) is 0 Å². The van der Waals surface area contributed by atoms with Gasteiger partial charge in [-0.3, -0.25) is 4.79 Å². The average molecular weight is 179 g/mol. The second kappa shape index (κ2) is 7.11. The van der Waals surface area contributed by atoms with Crippen molar-refractivity contribution in [2.24, 2.45) is 5.92 Å². The maximum Gasteiger partial charge on any atom is 0.323 e. The van der Waals surface area contributed by atoms with Gasteiger partial charge in [-0.05, 0) is 12.8 Å². The molecule has 0 saturated heterocycles. The number of carbonyl (C=O) groups is 1. The molecule has 0 aromatic heterocycles. The molecule has 0 heterocycles. The van der Waals surface area contributed by atoms with E-state index in [9.17, 15) is 4.79 Å². The number of allylic oxidation sites excluding steroid dienone is 3. The first kappa shape index (κ1) is 11.4. The van der Waals surface area contributed by atoms with E-state index in [1.807, 2.05) is 12.1 Å². The molecule has 1 unspecified atom stereocenters. The van der Waals surface area contributed by atoms with Gasteiger partial charge in [0.25, 0.3) is 0 Å². The van der Waals surface area contributed by atoms with Crippen LogP contribution in [0.5, 0.6) is 0 Å². The lowest BCUT2D eigenvalue weighted by molar-refractivity contribution is -0.143. The van der Waals surface area contributed by atoms with Gasteiger partial charge in [0, 0.05) is 0 Å². The highest BCUT2D eigenvalue weighted by Gasteiger charge is 2.16. The van der Waals surface area contributed by atoms with E-state index in [1.165, 1.54) is 7.11 Å². The van der Waals surface area contributed by atoms with Crippen LogP contribution in [0.3, 0.4) is 0 Å². The van der Waals surface area contributed by atoms with Crippen LogP contribution in [0.25, 0.3) is 0 Å². The number of methoxy groups -OCH3 is 1. The lowest BCUT2D eigenvalue weighted by Gasteiger charge is -2.03. The summed E-state index contributed by atoms with van der Waals surface area (Å²) >= 11 is 0. The molecular weight excluding hydrogens is 166 g/mol. The summed E-state index contributed by atoms with van der Waals surface area (Å²) in [6.07, 6.45) is 6.47. The molecule has 0 spiro atoms. The van der Waals surface area contributed by atoms with Crippen LogP contribution in [0.2, 0.25) is 0 Å². The number of nitrogens with zero attached hydrogens (tertiary/aromatic N) is 1. The fourth-order valence-corrected chi connectivity index (χ4v) is 0.833. The van der Waals surface area contributed by atoms with Gasteiger partial charge in [-0.1, -0.05) is 24.8 Å². The van der Waals surface area contributed by atoms with Crippen LogP contribution in [0, 0.1) is 17.2 Å². The number of hydrogen-bond donors (Lipinski definition) is 0. The van der Waals surface area contributed by atoms with Crippen molar-refractivity contribution in [1.82, 2.24) is 0 Å². The van der Waals surface area contributed by atoms with Crippen molar-refractivity contribution >= 4 is 5.97 Å². The maximum atomic E-state index is 10.9. The fourth-order valence-electron chi connectivity index (χ4n) is 0.833. The first-order valence-electron chi connectivity index (χ1n) is 4.01. The number of hydrogen-bond acceptors (Lipinski definition) is 3. The molecule has 1 atom stereocenters. The van der Waals surface area contributed by atoms with Crippen molar-refractivity contribution in [2.75, 3.05) is 7.11 Å². The largest absolute Gasteiger partial charge is 0.468 e. The van der Waals surface area contributed by atoms with Gasteiger partial charge in [-0.2, -0.15) is 5.26 Å². The van der Waals surface area contributed by atoms with Crippen LogP contribution < -0.4 is 0 Å². The molecule has 13 heavy (non-hydrogen) atoms. The lowest BCUT2D eigenvalue weighted by atomic mass is 10.1. The second-order valence-corrected chi connectivity index (χ2v) is 2.45. The van der Waals surface area contributed by atoms with Crippen molar-refractivity contribution in [3.63, 3.8) is 0 Å². The Kier molecular flexibility index (Phi) is 6.26. The Balaban J connectivity index is 3.87. The number of ether oxygens (including phenoxy) is 1. The number of carbonyl (C=O) groups excluding carboxylic acids is 1. The summed E-state index contributed by atoms with van der Waals surface area (Å²) in [5, 5.41) is 8.59. The van der Waals surface area contributed by atoms with E-state index < -0.39 is 11.9 Å². The molecule has 0 aromatic carbocycles. The third-order valence-corrected chi connectivity index (χ3v) is 1.54. The summed E-state index contributed by atoms with van der Waals surface area (Å²) in [7, 11) is 1.28. The summed E-state index contributed by atoms with van der Waals surface area (Å²) in [5.41, 5.74) is 0. The molecule has 3 heteroatoms. The van der Waals surface area contributed by atoms with Crippen LogP contribution in [0.15, 0.2) is 24.8 Å². The van der Waals surface area contributed by atoms with Gasteiger partial charge in [0.1, 0.15) is 5.92 Å².